The van der Waals surface area contributed by atoms with Gasteiger partial charge in [-0.2, -0.15) is 9.36 Å². The molecule has 0 spiro atoms. The van der Waals surface area contributed by atoms with Crippen LogP contribution in [0.4, 0.5) is 5.13 Å². The number of amides is 2. The monoisotopic (exact) mass is 598 g/mol. The van der Waals surface area contributed by atoms with Crippen LogP contribution in [0, 0.1) is 0 Å². The Kier molecular flexibility index (Phi) is 8.35. The van der Waals surface area contributed by atoms with Crippen LogP contribution in [0.3, 0.4) is 0 Å². The molecule has 3 heterocycles. The molecule has 0 bridgehead atoms. The van der Waals surface area contributed by atoms with Gasteiger partial charge >= 0.3 is 11.9 Å². The van der Waals surface area contributed by atoms with Gasteiger partial charge in [-0.15, -0.1) is 11.8 Å². The lowest BCUT2D eigenvalue weighted by atomic mass is 10.0. The number of β-lactam (4-membered cyclic amide) rings is 1. The van der Waals surface area contributed by atoms with Crippen LogP contribution in [0.25, 0.3) is 0 Å². The van der Waals surface area contributed by atoms with Gasteiger partial charge in [-0.1, -0.05) is 29.4 Å². The van der Waals surface area contributed by atoms with Gasteiger partial charge in [0.2, 0.25) is 17.8 Å². The Morgan fingerprint density at radius 2 is 1.95 bits per heavy atom. The number of fused-ring (bicyclic) bond motifs is 1. The number of rotatable bonds is 9. The van der Waals surface area contributed by atoms with E-state index < -0.39 is 41.5 Å². The Bertz CT molecular complexity index is 1440. The molecule has 5 rings (SSSR count). The molecule has 15 heteroatoms. The molecule has 0 radical (unpaired) electrons. The van der Waals surface area contributed by atoms with E-state index in [1.807, 2.05) is 19.1 Å². The minimum Gasteiger partial charge on any atom is -0.422 e. The first-order valence-electron chi connectivity index (χ1n) is 12.7. The maximum atomic E-state index is 13.3. The van der Waals surface area contributed by atoms with Crippen molar-refractivity contribution in [2.75, 3.05) is 5.73 Å². The number of carbonyl (C=O) groups is 4. The highest BCUT2D eigenvalue weighted by molar-refractivity contribution is 8.00. The summed E-state index contributed by atoms with van der Waals surface area (Å²) in [5.41, 5.74) is 5.78. The molecule has 1 aliphatic carbocycles. The van der Waals surface area contributed by atoms with E-state index in [4.69, 9.17) is 20.0 Å². The summed E-state index contributed by atoms with van der Waals surface area (Å²) in [7, 11) is 0. The number of allylic oxidation sites excluding steroid dienone is 1. The molecule has 5 atom stereocenters. The quantitative estimate of drug-likeness (QED) is 0.108. The third-order valence-corrected chi connectivity index (χ3v) is 8.09. The van der Waals surface area contributed by atoms with Crippen molar-refractivity contribution in [1.82, 2.24) is 19.6 Å². The summed E-state index contributed by atoms with van der Waals surface area (Å²) in [5, 5.41) is 6.01. The van der Waals surface area contributed by atoms with Crippen molar-refractivity contribution >= 4 is 57.9 Å². The number of thioether (sulfide) groups is 1. The summed E-state index contributed by atoms with van der Waals surface area (Å²) in [5.74, 6) is -2.77. The van der Waals surface area contributed by atoms with E-state index in [1.54, 1.807) is 36.4 Å². The molecule has 2 aliphatic heterocycles. The van der Waals surface area contributed by atoms with Crippen molar-refractivity contribution in [3.05, 3.63) is 65.6 Å². The van der Waals surface area contributed by atoms with Gasteiger partial charge in [0.25, 0.3) is 11.8 Å². The summed E-state index contributed by atoms with van der Waals surface area (Å²) in [6, 6.07) is 7.30. The summed E-state index contributed by atoms with van der Waals surface area (Å²) in [6.45, 7) is 3.25. The molecule has 1 aromatic heterocycles. The third kappa shape index (κ3) is 6.25. The van der Waals surface area contributed by atoms with Gasteiger partial charge in [-0.3, -0.25) is 14.5 Å². The second kappa shape index (κ2) is 12.1. The van der Waals surface area contributed by atoms with Crippen LogP contribution >= 0.6 is 23.3 Å². The number of esters is 2. The maximum Gasteiger partial charge on any atom is 0.357 e. The van der Waals surface area contributed by atoms with Crippen LogP contribution in [0.2, 0.25) is 0 Å². The van der Waals surface area contributed by atoms with Crippen molar-refractivity contribution in [1.29, 1.82) is 0 Å². The standard InChI is InChI=1S/C26H26N6O7S2/c1-13-12-17(25(36)38-14(2)37-24(35)15-8-4-3-5-9-15)32-22(34)19(23(32)40-13)28-21(33)18(20-29-26(27)41-31-20)30-39-16-10-6-7-11-16/h3-6,8-10,12-14,16,19,23H,7,11H2,1-2H3,(H,28,33)(H2,27,29,31)/b30-18+. The second-order valence-electron chi connectivity index (χ2n) is 9.23. The fourth-order valence-electron chi connectivity index (χ4n) is 4.29. The van der Waals surface area contributed by atoms with Crippen molar-refractivity contribution in [2.24, 2.45) is 5.16 Å². The third-order valence-electron chi connectivity index (χ3n) is 6.22. The lowest BCUT2D eigenvalue weighted by Gasteiger charge is -2.49. The molecule has 1 fully saturated rings. The lowest BCUT2D eigenvalue weighted by Crippen LogP contribution is -2.71. The number of aromatic nitrogens is 2. The fraction of sp³-hybridized carbons (Fsp3) is 0.346. The number of nitrogen functional groups attached to an aromatic ring is 1. The highest BCUT2D eigenvalue weighted by atomic mass is 32.2. The van der Waals surface area contributed by atoms with Gasteiger partial charge in [-0.25, -0.2) is 9.59 Å². The van der Waals surface area contributed by atoms with Crippen LogP contribution in [-0.2, 0) is 28.7 Å². The number of nitrogens with zero attached hydrogens (tertiary/aromatic N) is 4. The van der Waals surface area contributed by atoms with E-state index in [-0.39, 0.29) is 33.7 Å². The Morgan fingerprint density at radius 1 is 1.20 bits per heavy atom. The van der Waals surface area contributed by atoms with Crippen LogP contribution in [0.5, 0.6) is 0 Å². The molecular formula is C26H26N6O7S2. The molecule has 3 N–H and O–H groups in total. The van der Waals surface area contributed by atoms with E-state index in [0.29, 0.717) is 12.0 Å². The van der Waals surface area contributed by atoms with Crippen molar-refractivity contribution in [2.45, 2.75) is 55.7 Å². The molecule has 3 aliphatic rings. The average Bonchev–Trinajstić information content (AvgIpc) is 3.63. The zero-order valence-electron chi connectivity index (χ0n) is 22.0. The van der Waals surface area contributed by atoms with Gasteiger partial charge in [0.1, 0.15) is 23.2 Å². The summed E-state index contributed by atoms with van der Waals surface area (Å²) in [6.07, 6.45) is 5.42. The molecule has 214 valence electrons. The highest BCUT2D eigenvalue weighted by Crippen LogP contribution is 2.41. The lowest BCUT2D eigenvalue weighted by molar-refractivity contribution is -0.166. The van der Waals surface area contributed by atoms with Gasteiger partial charge < -0.3 is 25.4 Å². The first-order chi connectivity index (χ1) is 19.7. The van der Waals surface area contributed by atoms with Gasteiger partial charge in [-0.05, 0) is 44.1 Å². The van der Waals surface area contributed by atoms with E-state index in [2.05, 4.69) is 19.8 Å². The molecular weight excluding hydrogens is 572 g/mol. The van der Waals surface area contributed by atoms with Crippen molar-refractivity contribution in [3.8, 4) is 0 Å². The van der Waals surface area contributed by atoms with Crippen molar-refractivity contribution < 1.29 is 33.5 Å². The first kappa shape index (κ1) is 28.3. The highest BCUT2D eigenvalue weighted by Gasteiger charge is 2.54. The first-order valence-corrected chi connectivity index (χ1v) is 14.4. The normalized spacial score (nSPS) is 24.0. The predicted molar refractivity (Wildman–Crippen MR) is 149 cm³/mol. The van der Waals surface area contributed by atoms with Crippen LogP contribution < -0.4 is 11.1 Å². The topological polar surface area (TPSA) is 175 Å². The molecule has 5 unspecified atom stereocenters. The smallest absolute Gasteiger partial charge is 0.357 e. The van der Waals surface area contributed by atoms with E-state index >= 15 is 0 Å². The summed E-state index contributed by atoms with van der Waals surface area (Å²) in [4.78, 5) is 62.5. The molecule has 2 amide bonds. The van der Waals surface area contributed by atoms with Crippen LogP contribution in [0.15, 0.2) is 59.4 Å². The summed E-state index contributed by atoms with van der Waals surface area (Å²) >= 11 is 2.27. The molecule has 2 aromatic rings. The molecule has 1 aromatic carbocycles. The molecule has 13 nitrogen and oxygen atoms in total. The largest absolute Gasteiger partial charge is 0.422 e. The van der Waals surface area contributed by atoms with Gasteiger partial charge in [0.05, 0.1) is 5.56 Å². The summed E-state index contributed by atoms with van der Waals surface area (Å²) < 4.78 is 14.6. The molecule has 1 saturated heterocycles. The van der Waals surface area contributed by atoms with Gasteiger partial charge in [0, 0.05) is 23.7 Å². The zero-order chi connectivity index (χ0) is 29.1. The number of hydrogen-bond acceptors (Lipinski definition) is 13. The minimum atomic E-state index is -1.21. The van der Waals surface area contributed by atoms with Gasteiger partial charge in [0.15, 0.2) is 5.13 Å². The van der Waals surface area contributed by atoms with E-state index in [1.165, 1.54) is 23.6 Å². The van der Waals surface area contributed by atoms with E-state index in [0.717, 1.165) is 18.0 Å². The second-order valence-corrected chi connectivity index (χ2v) is 11.5. The Labute approximate surface area is 242 Å². The van der Waals surface area contributed by atoms with Crippen LogP contribution in [0.1, 0.15) is 42.9 Å². The minimum absolute atomic E-state index is 0.00135. The molecule has 41 heavy (non-hydrogen) atoms. The maximum absolute atomic E-state index is 13.3. The number of nitrogens with one attached hydrogen (secondary N) is 1. The number of ether oxygens (including phenoxy) is 2. The number of hydrogen-bond donors (Lipinski definition) is 2. The Balaban J connectivity index is 1.24. The fourth-order valence-corrected chi connectivity index (χ4v) is 6.05. The average molecular weight is 599 g/mol. The van der Waals surface area contributed by atoms with Crippen molar-refractivity contribution in [3.63, 3.8) is 0 Å². The predicted octanol–water partition coefficient (Wildman–Crippen LogP) is 1.98. The Morgan fingerprint density at radius 3 is 2.63 bits per heavy atom. The molecule has 0 saturated carbocycles. The number of benzene rings is 1. The number of carbonyl (C=O) groups excluding carboxylic acids is 4. The Hall–Kier alpha value is -4.24. The number of anilines is 1. The van der Waals surface area contributed by atoms with Crippen LogP contribution in [-0.4, -0.2) is 72.8 Å². The van der Waals surface area contributed by atoms with E-state index in [9.17, 15) is 19.2 Å². The SMILES string of the molecule is CC(OC(=O)C1=CC(C)SC2C(NC(=O)/C(=N/OC3C=CCC3)c3nsc(N)n3)C(=O)N12)OC(=O)c1ccccc1. The number of oxime groups is 1. The zero-order valence-corrected chi connectivity index (χ0v) is 23.6. The number of nitrogens with two attached hydrogens (primary N) is 1.